The number of carbonyl (C=O) groups is 1. The van der Waals surface area contributed by atoms with E-state index in [9.17, 15) is 9.90 Å². The van der Waals surface area contributed by atoms with Gasteiger partial charge in [0.15, 0.2) is 0 Å². The highest BCUT2D eigenvalue weighted by Gasteiger charge is 2.42. The summed E-state index contributed by atoms with van der Waals surface area (Å²) in [6.07, 6.45) is 4.50. The van der Waals surface area contributed by atoms with Gasteiger partial charge in [-0.1, -0.05) is 11.6 Å². The first-order valence-electron chi connectivity index (χ1n) is 9.54. The van der Waals surface area contributed by atoms with Gasteiger partial charge < -0.3 is 24.4 Å². The molecule has 1 aromatic rings. The van der Waals surface area contributed by atoms with Crippen molar-refractivity contribution < 1.29 is 19.4 Å². The summed E-state index contributed by atoms with van der Waals surface area (Å²) in [5, 5.41) is 9.87. The number of halogens is 1. The maximum absolute atomic E-state index is 11.6. The fraction of sp³-hybridized carbons (Fsp3) is 0.722. The minimum absolute atomic E-state index is 0.00714. The molecule has 9 heteroatoms. The fourth-order valence-corrected chi connectivity index (χ4v) is 4.69. The molecule has 0 spiro atoms. The zero-order chi connectivity index (χ0) is 19.0. The average Bonchev–Trinajstić information content (AvgIpc) is 3.12. The molecule has 0 aliphatic carbocycles. The number of anilines is 1. The highest BCUT2D eigenvalue weighted by molar-refractivity contribution is 6.29. The smallest absolute Gasteiger partial charge is 0.407 e. The number of aromatic nitrogens is 2. The largest absolute Gasteiger partial charge is 0.472 e. The van der Waals surface area contributed by atoms with E-state index >= 15 is 0 Å². The van der Waals surface area contributed by atoms with E-state index < -0.39 is 6.09 Å². The van der Waals surface area contributed by atoms with Crippen molar-refractivity contribution in [2.24, 2.45) is 0 Å². The van der Waals surface area contributed by atoms with Crippen molar-refractivity contribution in [1.82, 2.24) is 14.9 Å². The lowest BCUT2D eigenvalue weighted by Gasteiger charge is -2.49. The van der Waals surface area contributed by atoms with Gasteiger partial charge in [-0.2, -0.15) is 4.98 Å². The molecule has 0 saturated carbocycles. The number of carboxylic acid groups (broad SMARTS) is 1. The van der Waals surface area contributed by atoms with E-state index in [1.165, 1.54) is 0 Å². The highest BCUT2D eigenvalue weighted by Crippen LogP contribution is 2.36. The average molecular weight is 397 g/mol. The summed E-state index contributed by atoms with van der Waals surface area (Å²) in [6.45, 7) is 1.25. The molecule has 1 amide bonds. The van der Waals surface area contributed by atoms with Crippen LogP contribution in [0.3, 0.4) is 0 Å². The third kappa shape index (κ3) is 3.91. The molecule has 148 valence electrons. The van der Waals surface area contributed by atoms with Crippen LogP contribution in [0.15, 0.2) is 6.07 Å². The van der Waals surface area contributed by atoms with Crippen LogP contribution in [-0.2, 0) is 4.74 Å². The van der Waals surface area contributed by atoms with E-state index in [0.717, 1.165) is 38.5 Å². The van der Waals surface area contributed by atoms with Crippen molar-refractivity contribution in [3.63, 3.8) is 0 Å². The summed E-state index contributed by atoms with van der Waals surface area (Å²) in [4.78, 5) is 24.2. The van der Waals surface area contributed by atoms with E-state index in [1.807, 2.05) is 11.9 Å². The summed E-state index contributed by atoms with van der Waals surface area (Å²) in [5.41, 5.74) is 0. The van der Waals surface area contributed by atoms with Crippen LogP contribution in [0.25, 0.3) is 0 Å². The predicted octanol–water partition coefficient (Wildman–Crippen LogP) is 2.80. The molecule has 3 aliphatic rings. The van der Waals surface area contributed by atoms with Crippen LogP contribution >= 0.6 is 11.6 Å². The molecule has 4 rings (SSSR count). The Morgan fingerprint density at radius 3 is 2.70 bits per heavy atom. The molecule has 0 aromatic carbocycles. The zero-order valence-electron chi connectivity index (χ0n) is 15.4. The summed E-state index contributed by atoms with van der Waals surface area (Å²) >= 11 is 6.20. The lowest BCUT2D eigenvalue weighted by atomic mass is 9.81. The summed E-state index contributed by atoms with van der Waals surface area (Å²) < 4.78 is 11.2. The van der Waals surface area contributed by atoms with Crippen molar-refractivity contribution in [2.45, 2.75) is 62.8 Å². The van der Waals surface area contributed by atoms with Gasteiger partial charge in [0.05, 0.1) is 13.2 Å². The first kappa shape index (κ1) is 18.6. The maximum Gasteiger partial charge on any atom is 0.407 e. The second-order valence-corrected chi connectivity index (χ2v) is 7.98. The SMILES string of the molecule is CN(c1nc(Cl)cc(OC2CCOC2)n1)C1C[C@H]2CCC[C@@H](C1)N2C(=O)O. The molecule has 1 aromatic heterocycles. The number of fused-ring (bicyclic) bond motifs is 2. The molecule has 4 heterocycles. The Morgan fingerprint density at radius 2 is 2.07 bits per heavy atom. The van der Waals surface area contributed by atoms with Crippen molar-refractivity contribution in [1.29, 1.82) is 0 Å². The Labute approximate surface area is 163 Å². The fourth-order valence-electron chi connectivity index (χ4n) is 4.52. The van der Waals surface area contributed by atoms with E-state index in [0.29, 0.717) is 30.2 Å². The second-order valence-electron chi connectivity index (χ2n) is 7.60. The number of ether oxygens (including phenoxy) is 2. The maximum atomic E-state index is 11.6. The number of rotatable bonds is 4. The van der Waals surface area contributed by atoms with Gasteiger partial charge in [0.1, 0.15) is 11.3 Å². The third-order valence-corrected chi connectivity index (χ3v) is 6.06. The monoisotopic (exact) mass is 396 g/mol. The molecule has 8 nitrogen and oxygen atoms in total. The Kier molecular flexibility index (Phi) is 5.27. The molecule has 3 saturated heterocycles. The normalized spacial score (nSPS) is 30.2. The molecule has 2 bridgehead atoms. The lowest BCUT2D eigenvalue weighted by molar-refractivity contribution is 0.0351. The van der Waals surface area contributed by atoms with Crippen LogP contribution in [0.1, 0.15) is 38.5 Å². The van der Waals surface area contributed by atoms with Crippen LogP contribution in [0.2, 0.25) is 5.15 Å². The van der Waals surface area contributed by atoms with E-state index in [-0.39, 0.29) is 24.2 Å². The van der Waals surface area contributed by atoms with Crippen molar-refractivity contribution in [3.05, 3.63) is 11.2 Å². The van der Waals surface area contributed by atoms with E-state index in [4.69, 9.17) is 21.1 Å². The van der Waals surface area contributed by atoms with Gasteiger partial charge in [0.25, 0.3) is 0 Å². The molecule has 3 aliphatic heterocycles. The molecular weight excluding hydrogens is 372 g/mol. The first-order chi connectivity index (χ1) is 13.0. The minimum Gasteiger partial charge on any atom is -0.472 e. The molecule has 2 unspecified atom stereocenters. The molecule has 0 radical (unpaired) electrons. The van der Waals surface area contributed by atoms with E-state index in [2.05, 4.69) is 9.97 Å². The van der Waals surface area contributed by atoms with Crippen LogP contribution in [0.4, 0.5) is 10.7 Å². The van der Waals surface area contributed by atoms with Crippen molar-refractivity contribution >= 4 is 23.6 Å². The number of hydrogen-bond donors (Lipinski definition) is 1. The number of nitrogens with zero attached hydrogens (tertiary/aromatic N) is 4. The Bertz CT molecular complexity index is 686. The minimum atomic E-state index is -0.806. The molecule has 27 heavy (non-hydrogen) atoms. The topological polar surface area (TPSA) is 88.0 Å². The van der Waals surface area contributed by atoms with Crippen molar-refractivity contribution in [2.75, 3.05) is 25.2 Å². The number of piperidine rings is 2. The Hall–Kier alpha value is -1.80. The molecule has 3 fully saturated rings. The highest BCUT2D eigenvalue weighted by atomic mass is 35.5. The van der Waals surface area contributed by atoms with Crippen LogP contribution < -0.4 is 9.64 Å². The quantitative estimate of drug-likeness (QED) is 0.783. The van der Waals surface area contributed by atoms with Gasteiger partial charge >= 0.3 is 6.09 Å². The number of hydrogen-bond acceptors (Lipinski definition) is 6. The standard InChI is InChI=1S/C18H25ClN4O4/c1-22(13-7-11-3-2-4-12(8-13)23(11)18(24)25)17-20-15(19)9-16(21-17)27-14-5-6-26-10-14/h9,11-14H,2-8,10H2,1H3,(H,24,25)/t11-,12+,13?,14?. The first-order valence-corrected chi connectivity index (χ1v) is 9.92. The van der Waals surface area contributed by atoms with Gasteiger partial charge in [0.2, 0.25) is 11.8 Å². The molecule has 4 atom stereocenters. The molecular formula is C18H25ClN4O4. The Morgan fingerprint density at radius 1 is 1.33 bits per heavy atom. The van der Waals surface area contributed by atoms with Gasteiger partial charge in [-0.25, -0.2) is 9.78 Å². The lowest BCUT2D eigenvalue weighted by Crippen LogP contribution is -2.58. The van der Waals surface area contributed by atoms with Gasteiger partial charge in [0, 0.05) is 37.7 Å². The summed E-state index contributed by atoms with van der Waals surface area (Å²) in [5.74, 6) is 0.971. The van der Waals surface area contributed by atoms with E-state index in [1.54, 1.807) is 11.0 Å². The van der Waals surface area contributed by atoms with Gasteiger partial charge in [-0.05, 0) is 32.1 Å². The zero-order valence-corrected chi connectivity index (χ0v) is 16.1. The molecule has 1 N–H and O–H groups in total. The summed E-state index contributed by atoms with van der Waals surface area (Å²) in [6, 6.07) is 1.93. The van der Waals surface area contributed by atoms with Crippen LogP contribution in [0.5, 0.6) is 5.88 Å². The second kappa shape index (κ2) is 7.67. The third-order valence-electron chi connectivity index (χ3n) is 5.87. The van der Waals surface area contributed by atoms with Crippen molar-refractivity contribution in [3.8, 4) is 5.88 Å². The van der Waals surface area contributed by atoms with Crippen LogP contribution in [0, 0.1) is 0 Å². The Balaban J connectivity index is 1.50. The predicted molar refractivity (Wildman–Crippen MR) is 99.6 cm³/mol. The van der Waals surface area contributed by atoms with Gasteiger partial charge in [-0.3, -0.25) is 0 Å². The summed E-state index contributed by atoms with van der Waals surface area (Å²) in [7, 11) is 1.95. The number of amides is 1. The van der Waals surface area contributed by atoms with Crippen LogP contribution in [-0.4, -0.2) is 70.6 Å². The van der Waals surface area contributed by atoms with Gasteiger partial charge in [-0.15, -0.1) is 0 Å².